The number of para-hydroxylation sites is 2. The van der Waals surface area contributed by atoms with E-state index in [0.717, 1.165) is 5.56 Å². The van der Waals surface area contributed by atoms with Crippen LogP contribution < -0.4 is 14.4 Å². The van der Waals surface area contributed by atoms with Crippen LogP contribution in [0.1, 0.15) is 12.5 Å². The molecule has 0 aliphatic carbocycles. The fourth-order valence-electron chi connectivity index (χ4n) is 2.71. The van der Waals surface area contributed by atoms with Crippen molar-refractivity contribution in [3.05, 3.63) is 53.1 Å². The Kier molecular flexibility index (Phi) is 5.11. The molecule has 1 N–H and O–H groups in total. The van der Waals surface area contributed by atoms with E-state index in [4.69, 9.17) is 16.3 Å². The van der Waals surface area contributed by atoms with Crippen molar-refractivity contribution in [2.75, 3.05) is 21.9 Å². The number of carbonyl (C=O) groups is 1. The van der Waals surface area contributed by atoms with Gasteiger partial charge in [0.1, 0.15) is 5.75 Å². The van der Waals surface area contributed by atoms with Gasteiger partial charge in [0.2, 0.25) is 10.0 Å². The van der Waals surface area contributed by atoms with Gasteiger partial charge in [-0.1, -0.05) is 29.8 Å². The summed E-state index contributed by atoms with van der Waals surface area (Å²) in [5.41, 5.74) is 1.74. The smallest absolute Gasteiger partial charge is 0.267 e. The van der Waals surface area contributed by atoms with Crippen molar-refractivity contribution < 1.29 is 17.9 Å². The normalized spacial score (nSPS) is 16.6. The maximum atomic E-state index is 12.7. The van der Waals surface area contributed by atoms with Gasteiger partial charge in [-0.2, -0.15) is 0 Å². The van der Waals surface area contributed by atoms with Crippen LogP contribution in [0.2, 0.25) is 5.02 Å². The molecule has 0 unspecified atom stereocenters. The van der Waals surface area contributed by atoms with Gasteiger partial charge in [-0.3, -0.25) is 9.10 Å². The van der Waals surface area contributed by atoms with Gasteiger partial charge < -0.3 is 10.1 Å². The van der Waals surface area contributed by atoms with Crippen LogP contribution >= 0.6 is 11.6 Å². The molecule has 0 fully saturated rings. The Labute approximate surface area is 157 Å². The molecule has 6 nitrogen and oxygen atoms in total. The zero-order valence-electron chi connectivity index (χ0n) is 14.4. The van der Waals surface area contributed by atoms with E-state index < -0.39 is 22.0 Å². The average Bonchev–Trinajstić information content (AvgIpc) is 2.64. The largest absolute Gasteiger partial charge is 0.476 e. The summed E-state index contributed by atoms with van der Waals surface area (Å²) >= 11 is 6.08. The highest BCUT2D eigenvalue weighted by Crippen LogP contribution is 2.35. The predicted octanol–water partition coefficient (Wildman–Crippen LogP) is 3.20. The summed E-state index contributed by atoms with van der Waals surface area (Å²) in [6.45, 7) is 3.28. The Bertz CT molecular complexity index is 946. The molecular weight excluding hydrogens is 376 g/mol. The second-order valence-corrected chi connectivity index (χ2v) is 8.50. The molecule has 2 aromatic rings. The van der Waals surface area contributed by atoms with E-state index in [1.165, 1.54) is 4.31 Å². The predicted molar refractivity (Wildman–Crippen MR) is 102 cm³/mol. The van der Waals surface area contributed by atoms with Crippen LogP contribution in [0.15, 0.2) is 42.5 Å². The standard InChI is InChI=1S/C18H19ClN2O4S/c1-3-26(23,24)21-11-17(25-16-10-5-4-9-15(16)21)18(22)20-14-8-6-7-13(19)12(14)2/h4-10,17H,3,11H2,1-2H3,(H,20,22)/t17-/m0/s1. The molecule has 138 valence electrons. The molecule has 1 amide bonds. The van der Waals surface area contributed by atoms with Crippen molar-refractivity contribution in [3.63, 3.8) is 0 Å². The van der Waals surface area contributed by atoms with Gasteiger partial charge in [-0.25, -0.2) is 8.42 Å². The van der Waals surface area contributed by atoms with Crippen molar-refractivity contribution in [2.24, 2.45) is 0 Å². The molecule has 1 heterocycles. The van der Waals surface area contributed by atoms with Gasteiger partial charge in [0.25, 0.3) is 5.91 Å². The number of hydrogen-bond donors (Lipinski definition) is 1. The summed E-state index contributed by atoms with van der Waals surface area (Å²) in [6, 6.07) is 12.0. The Morgan fingerprint density at radius 1 is 1.27 bits per heavy atom. The summed E-state index contributed by atoms with van der Waals surface area (Å²) in [5.74, 6) is -0.136. The fourth-order valence-corrected chi connectivity index (χ4v) is 4.01. The van der Waals surface area contributed by atoms with E-state index >= 15 is 0 Å². The van der Waals surface area contributed by atoms with Gasteiger partial charge in [-0.05, 0) is 43.7 Å². The highest BCUT2D eigenvalue weighted by atomic mass is 35.5. The Hall–Kier alpha value is -2.25. The highest BCUT2D eigenvalue weighted by Gasteiger charge is 2.36. The lowest BCUT2D eigenvalue weighted by atomic mass is 10.1. The van der Waals surface area contributed by atoms with Crippen LogP contribution in [0.4, 0.5) is 11.4 Å². The van der Waals surface area contributed by atoms with E-state index in [1.54, 1.807) is 56.3 Å². The van der Waals surface area contributed by atoms with Crippen LogP contribution in [-0.4, -0.2) is 32.7 Å². The molecule has 0 bridgehead atoms. The summed E-state index contributed by atoms with van der Waals surface area (Å²) < 4.78 is 31.9. The minimum atomic E-state index is -3.54. The minimum absolute atomic E-state index is 0.0664. The number of benzene rings is 2. The molecule has 8 heteroatoms. The molecule has 0 aromatic heterocycles. The van der Waals surface area contributed by atoms with Gasteiger partial charge in [0.15, 0.2) is 6.10 Å². The number of anilines is 2. The van der Waals surface area contributed by atoms with Crippen LogP contribution in [0.3, 0.4) is 0 Å². The van der Waals surface area contributed by atoms with Crippen molar-refractivity contribution in [1.29, 1.82) is 0 Å². The molecule has 26 heavy (non-hydrogen) atoms. The van der Waals surface area contributed by atoms with Gasteiger partial charge in [0.05, 0.1) is 18.0 Å². The third-order valence-electron chi connectivity index (χ3n) is 4.25. The maximum absolute atomic E-state index is 12.7. The number of fused-ring (bicyclic) bond motifs is 1. The molecule has 2 aromatic carbocycles. The van der Waals surface area contributed by atoms with Crippen molar-refractivity contribution in [2.45, 2.75) is 20.0 Å². The first-order valence-corrected chi connectivity index (χ1v) is 10.1. The third kappa shape index (κ3) is 3.50. The minimum Gasteiger partial charge on any atom is -0.476 e. The zero-order valence-corrected chi connectivity index (χ0v) is 16.0. The van der Waals surface area contributed by atoms with E-state index in [1.807, 2.05) is 0 Å². The fraction of sp³-hybridized carbons (Fsp3) is 0.278. The Morgan fingerprint density at radius 3 is 2.73 bits per heavy atom. The first-order valence-electron chi connectivity index (χ1n) is 8.15. The summed E-state index contributed by atoms with van der Waals surface area (Å²) in [4.78, 5) is 12.7. The van der Waals surface area contributed by atoms with Crippen molar-refractivity contribution >= 4 is 38.9 Å². The summed E-state index contributed by atoms with van der Waals surface area (Å²) in [5, 5.41) is 3.31. The lowest BCUT2D eigenvalue weighted by molar-refractivity contribution is -0.122. The van der Waals surface area contributed by atoms with Crippen LogP contribution in [0.5, 0.6) is 5.75 Å². The Balaban J connectivity index is 1.90. The molecular formula is C18H19ClN2O4S. The number of rotatable bonds is 4. The van der Waals surface area contributed by atoms with Gasteiger partial charge in [0, 0.05) is 10.7 Å². The molecule has 1 aliphatic heterocycles. The average molecular weight is 395 g/mol. The SMILES string of the molecule is CCS(=O)(=O)N1C[C@@H](C(=O)Nc2cccc(Cl)c2C)Oc2ccccc21. The van der Waals surface area contributed by atoms with Crippen LogP contribution in [0, 0.1) is 6.92 Å². The van der Waals surface area contributed by atoms with E-state index in [-0.39, 0.29) is 12.3 Å². The molecule has 0 spiro atoms. The highest BCUT2D eigenvalue weighted by molar-refractivity contribution is 7.92. The number of ether oxygens (including phenoxy) is 1. The quantitative estimate of drug-likeness (QED) is 0.863. The van der Waals surface area contributed by atoms with Crippen LogP contribution in [-0.2, 0) is 14.8 Å². The molecule has 1 atom stereocenters. The molecule has 3 rings (SSSR count). The van der Waals surface area contributed by atoms with Crippen LogP contribution in [0.25, 0.3) is 0 Å². The van der Waals surface area contributed by atoms with E-state index in [2.05, 4.69) is 5.32 Å². The molecule has 0 saturated heterocycles. The third-order valence-corrected chi connectivity index (χ3v) is 6.41. The Morgan fingerprint density at radius 2 is 2.00 bits per heavy atom. The zero-order chi connectivity index (χ0) is 18.9. The monoisotopic (exact) mass is 394 g/mol. The molecule has 1 aliphatic rings. The van der Waals surface area contributed by atoms with Gasteiger partial charge in [-0.15, -0.1) is 0 Å². The first kappa shape index (κ1) is 18.5. The lowest BCUT2D eigenvalue weighted by Crippen LogP contribution is -2.49. The molecule has 0 radical (unpaired) electrons. The lowest BCUT2D eigenvalue weighted by Gasteiger charge is -2.34. The van der Waals surface area contributed by atoms with Crippen molar-refractivity contribution in [1.82, 2.24) is 0 Å². The first-order chi connectivity index (χ1) is 12.3. The molecule has 0 saturated carbocycles. The number of carbonyl (C=O) groups excluding carboxylic acids is 1. The van der Waals surface area contributed by atoms with Crippen molar-refractivity contribution in [3.8, 4) is 5.75 Å². The number of nitrogens with zero attached hydrogens (tertiary/aromatic N) is 1. The topological polar surface area (TPSA) is 75.7 Å². The summed E-state index contributed by atoms with van der Waals surface area (Å²) in [6.07, 6.45) is -0.968. The number of halogens is 1. The second kappa shape index (κ2) is 7.17. The van der Waals surface area contributed by atoms with Gasteiger partial charge >= 0.3 is 0 Å². The number of nitrogens with one attached hydrogen (secondary N) is 1. The van der Waals surface area contributed by atoms with E-state index in [9.17, 15) is 13.2 Å². The maximum Gasteiger partial charge on any atom is 0.267 e. The second-order valence-electron chi connectivity index (χ2n) is 5.91. The number of amides is 1. The number of sulfonamides is 1. The van der Waals surface area contributed by atoms with E-state index in [0.29, 0.717) is 22.1 Å². The summed E-state index contributed by atoms with van der Waals surface area (Å²) in [7, 11) is -3.54. The number of hydrogen-bond acceptors (Lipinski definition) is 4.